The molecule has 2 aliphatic carbocycles. The molecule has 0 nitrogen and oxygen atoms in total. The summed E-state index contributed by atoms with van der Waals surface area (Å²) in [5.41, 5.74) is 1.58. The quantitative estimate of drug-likeness (QED) is 0.271. The molecule has 0 saturated heterocycles. The Balaban J connectivity index is 0.000000184. The van der Waals surface area contributed by atoms with Gasteiger partial charge >= 0.3 is 63.3 Å². The molecule has 1 fully saturated rings. The Morgan fingerprint density at radius 1 is 1.38 bits per heavy atom. The van der Waals surface area contributed by atoms with Crippen molar-refractivity contribution in [1.29, 1.82) is 0 Å². The van der Waals surface area contributed by atoms with Crippen molar-refractivity contribution in [3.8, 4) is 0 Å². The predicted molar refractivity (Wildman–Crippen MR) is 79.9 cm³/mol. The van der Waals surface area contributed by atoms with E-state index in [9.17, 15) is 0 Å². The summed E-state index contributed by atoms with van der Waals surface area (Å²) < 4.78 is 0. The van der Waals surface area contributed by atoms with E-state index in [2.05, 4.69) is 72.4 Å². The Bertz CT molecular complexity index is 208. The van der Waals surface area contributed by atoms with Crippen LogP contribution in [0.5, 0.6) is 0 Å². The summed E-state index contributed by atoms with van der Waals surface area (Å²) in [6.45, 7) is 0. The first-order valence-corrected chi connectivity index (χ1v) is 26.2. The maximum atomic E-state index is 3.32. The van der Waals surface area contributed by atoms with Crippen molar-refractivity contribution in [2.24, 2.45) is 5.92 Å². The summed E-state index contributed by atoms with van der Waals surface area (Å²) in [6.07, 6.45) is 13.0. The van der Waals surface area contributed by atoms with E-state index < -0.39 is 9.18 Å². The molecule has 0 radical (unpaired) electrons. The second kappa shape index (κ2) is 7.77. The van der Waals surface area contributed by atoms with Crippen molar-refractivity contribution in [1.82, 2.24) is 0 Å². The molecule has 2 aliphatic rings. The van der Waals surface area contributed by atoms with E-state index in [0.29, 0.717) is 0 Å². The fourth-order valence-corrected chi connectivity index (χ4v) is 1.77. The first-order chi connectivity index (χ1) is 6.20. The van der Waals surface area contributed by atoms with Crippen LogP contribution in [0.1, 0.15) is 25.7 Å². The van der Waals surface area contributed by atoms with Crippen molar-refractivity contribution in [2.45, 2.75) is 25.7 Å². The van der Waals surface area contributed by atoms with Gasteiger partial charge in [0, 0.05) is 0 Å². The molecule has 4 heteroatoms. The van der Waals surface area contributed by atoms with Crippen molar-refractivity contribution in [3.05, 3.63) is 23.8 Å². The van der Waals surface area contributed by atoms with E-state index >= 15 is 0 Å². The zero-order valence-corrected chi connectivity index (χ0v) is 16.1. The van der Waals surface area contributed by atoms with E-state index in [1.54, 1.807) is 5.57 Å². The van der Waals surface area contributed by atoms with Crippen molar-refractivity contribution in [3.63, 3.8) is 0 Å². The average Bonchev–Trinajstić information content (AvgIpc) is 2.49. The van der Waals surface area contributed by atoms with E-state index in [1.807, 2.05) is 0 Å². The van der Waals surface area contributed by atoms with Crippen LogP contribution in [0.2, 0.25) is 0 Å². The van der Waals surface area contributed by atoms with Gasteiger partial charge in [-0.3, -0.25) is 6.08 Å². The number of fused-ring (bicyclic) bond motifs is 1. The van der Waals surface area contributed by atoms with Crippen LogP contribution in [0.25, 0.3) is 0 Å². The molecule has 0 aromatic rings. The fourth-order valence-electron chi connectivity index (χ4n) is 1.77. The SMILES string of the molecule is [C-]1=C2CCCC2CC=C1.[I][Zr]([I])[I]. The minimum absolute atomic E-state index is 0.633. The summed E-state index contributed by atoms with van der Waals surface area (Å²) >= 11 is 7.54. The zero-order chi connectivity index (χ0) is 9.68. The van der Waals surface area contributed by atoms with Gasteiger partial charge in [-0.1, -0.05) is 12.8 Å². The molecule has 0 spiro atoms. The number of allylic oxidation sites excluding steroid dienone is 4. The first kappa shape index (κ1) is 13.6. The molecule has 13 heavy (non-hydrogen) atoms. The molecule has 1 atom stereocenters. The summed E-state index contributed by atoms with van der Waals surface area (Å²) in [6, 6.07) is 0. The second-order valence-electron chi connectivity index (χ2n) is 3.11. The maximum absolute atomic E-state index is 3.32. The van der Waals surface area contributed by atoms with Gasteiger partial charge in [-0.25, -0.2) is 12.2 Å². The molecule has 1 saturated carbocycles. The van der Waals surface area contributed by atoms with Gasteiger partial charge in [-0.15, -0.1) is 0 Å². The summed E-state index contributed by atoms with van der Waals surface area (Å²) in [4.78, 5) is 0. The van der Waals surface area contributed by atoms with Crippen molar-refractivity contribution >= 4 is 54.1 Å². The number of hydrogen-bond donors (Lipinski definition) is 0. The van der Waals surface area contributed by atoms with Crippen LogP contribution in [0, 0.1) is 12.0 Å². The molecular formula is C9H11I3Zr-. The Hall–Kier alpha value is 2.55. The van der Waals surface area contributed by atoms with E-state index in [1.165, 1.54) is 25.7 Å². The van der Waals surface area contributed by atoms with E-state index in [-0.39, 0.29) is 0 Å². The molecule has 2 rings (SSSR count). The van der Waals surface area contributed by atoms with Gasteiger partial charge in [0.05, 0.1) is 0 Å². The van der Waals surface area contributed by atoms with Crippen LogP contribution < -0.4 is 0 Å². The zero-order valence-electron chi connectivity index (χ0n) is 7.19. The monoisotopic (exact) mass is 590 g/mol. The Kier molecular flexibility index (Phi) is 8.13. The van der Waals surface area contributed by atoms with Gasteiger partial charge in [-0.2, -0.15) is 5.57 Å². The van der Waals surface area contributed by atoms with Crippen LogP contribution in [-0.4, -0.2) is 0 Å². The molecule has 0 aromatic heterocycles. The Morgan fingerprint density at radius 2 is 2.08 bits per heavy atom. The standard InChI is InChI=1S/C9H11.3HI.Zr/c1-2-5-9-7-3-6-8(9)4-1;;;;/h1-2,8H,3-4,6-7H2;3*1H;/q-1;;;;+3/p-3. The number of halogens is 3. The second-order valence-corrected chi connectivity index (χ2v) is 59.9. The van der Waals surface area contributed by atoms with Crippen LogP contribution in [-0.2, 0) is 9.18 Å². The van der Waals surface area contributed by atoms with Crippen molar-refractivity contribution in [2.75, 3.05) is 0 Å². The molecule has 0 aliphatic heterocycles. The third kappa shape index (κ3) is 6.00. The number of hydrogen-bond acceptors (Lipinski definition) is 0. The molecule has 0 aromatic carbocycles. The molecule has 73 valence electrons. The van der Waals surface area contributed by atoms with Crippen LogP contribution in [0.3, 0.4) is 0 Å². The normalized spacial score (nSPS) is 24.2. The number of rotatable bonds is 0. The third-order valence-electron chi connectivity index (χ3n) is 2.30. The van der Waals surface area contributed by atoms with Gasteiger partial charge in [-0.05, 0) is 18.8 Å². The molecule has 1 unspecified atom stereocenters. The Morgan fingerprint density at radius 3 is 2.69 bits per heavy atom. The summed E-state index contributed by atoms with van der Waals surface area (Å²) in [5.74, 6) is 0.884. The van der Waals surface area contributed by atoms with Crippen LogP contribution in [0.15, 0.2) is 17.7 Å². The van der Waals surface area contributed by atoms with Gasteiger partial charge < -0.3 is 0 Å². The van der Waals surface area contributed by atoms with Crippen molar-refractivity contribution < 1.29 is 9.18 Å². The molecule has 0 amide bonds. The predicted octanol–water partition coefficient (Wildman–Crippen LogP) is 5.13. The van der Waals surface area contributed by atoms with E-state index in [4.69, 9.17) is 0 Å². The van der Waals surface area contributed by atoms with Gasteiger partial charge in [0.2, 0.25) is 0 Å². The molecule has 0 N–H and O–H groups in total. The minimum atomic E-state index is -0.633. The van der Waals surface area contributed by atoms with Gasteiger partial charge in [0.15, 0.2) is 0 Å². The molecule has 0 heterocycles. The van der Waals surface area contributed by atoms with Crippen LogP contribution in [0.4, 0.5) is 0 Å². The fraction of sp³-hybridized carbons (Fsp3) is 0.556. The average molecular weight is 591 g/mol. The first-order valence-electron chi connectivity index (χ1n) is 4.31. The topological polar surface area (TPSA) is 0 Å². The van der Waals surface area contributed by atoms with Gasteiger partial charge in [0.1, 0.15) is 0 Å². The molecular weight excluding hydrogens is 580 g/mol. The van der Waals surface area contributed by atoms with Crippen LogP contribution >= 0.6 is 54.1 Å². The Labute approximate surface area is 116 Å². The van der Waals surface area contributed by atoms with E-state index in [0.717, 1.165) is 5.92 Å². The third-order valence-corrected chi connectivity index (χ3v) is 2.30. The summed E-state index contributed by atoms with van der Waals surface area (Å²) in [7, 11) is -0.633. The molecule has 0 bridgehead atoms. The van der Waals surface area contributed by atoms with Gasteiger partial charge in [0.25, 0.3) is 0 Å². The summed E-state index contributed by atoms with van der Waals surface area (Å²) in [5, 5.41) is 0.